The van der Waals surface area contributed by atoms with Crippen molar-refractivity contribution in [2.75, 3.05) is 32.7 Å². The number of benzene rings is 1. The molecule has 0 aromatic heterocycles. The molecule has 6 nitrogen and oxygen atoms in total. The van der Waals surface area contributed by atoms with Crippen LogP contribution in [0.2, 0.25) is 0 Å². The van der Waals surface area contributed by atoms with Crippen molar-refractivity contribution in [3.8, 4) is 0 Å². The molecule has 23 heavy (non-hydrogen) atoms. The number of likely N-dealkylation sites (tertiary alicyclic amines) is 1. The summed E-state index contributed by atoms with van der Waals surface area (Å²) < 4.78 is 28.3. The van der Waals surface area contributed by atoms with Crippen LogP contribution in [0.5, 0.6) is 0 Å². The minimum absolute atomic E-state index is 0.0341. The van der Waals surface area contributed by atoms with Gasteiger partial charge < -0.3 is 4.90 Å². The van der Waals surface area contributed by atoms with Crippen LogP contribution in [0.15, 0.2) is 30.3 Å². The molecule has 0 saturated carbocycles. The van der Waals surface area contributed by atoms with E-state index in [1.165, 1.54) is 8.61 Å². The first kappa shape index (κ1) is 16.4. The highest BCUT2D eigenvalue weighted by Crippen LogP contribution is 2.20. The molecular weight excluding hydrogens is 314 g/mol. The van der Waals surface area contributed by atoms with Crippen molar-refractivity contribution in [3.05, 3.63) is 35.9 Å². The second-order valence-corrected chi connectivity index (χ2v) is 8.03. The Morgan fingerprint density at radius 3 is 2.26 bits per heavy atom. The second-order valence-electron chi connectivity index (χ2n) is 6.10. The summed E-state index contributed by atoms with van der Waals surface area (Å²) in [6.45, 7) is 2.75. The molecule has 0 unspecified atom stereocenters. The monoisotopic (exact) mass is 337 g/mol. The number of hydrogen-bond donors (Lipinski definition) is 0. The zero-order valence-corrected chi connectivity index (χ0v) is 14.0. The van der Waals surface area contributed by atoms with Gasteiger partial charge >= 0.3 is 0 Å². The van der Waals surface area contributed by atoms with E-state index in [0.717, 1.165) is 37.9 Å². The smallest absolute Gasteiger partial charge is 0.282 e. The summed E-state index contributed by atoms with van der Waals surface area (Å²) in [4.78, 5) is 14.0. The van der Waals surface area contributed by atoms with Crippen molar-refractivity contribution in [3.63, 3.8) is 0 Å². The Kier molecular flexibility index (Phi) is 4.99. The summed E-state index contributed by atoms with van der Waals surface area (Å²) in [7, 11) is -3.57. The molecule has 7 heteroatoms. The lowest BCUT2D eigenvalue weighted by Crippen LogP contribution is -2.52. The average molecular weight is 337 g/mol. The maximum absolute atomic E-state index is 12.7. The Labute approximate surface area is 137 Å². The van der Waals surface area contributed by atoms with Crippen molar-refractivity contribution in [2.45, 2.75) is 25.8 Å². The van der Waals surface area contributed by atoms with E-state index in [4.69, 9.17) is 0 Å². The third-order valence-electron chi connectivity index (χ3n) is 4.44. The molecule has 1 aromatic rings. The Balaban J connectivity index is 1.68. The standard InChI is InChI=1S/C16H23N3O3S/c20-16(17-9-4-5-10-17)14-19-12-6-11-18(23(19,21)22)13-15-7-2-1-3-8-15/h1-3,7-8H,4-6,9-14H2. The highest BCUT2D eigenvalue weighted by Gasteiger charge is 2.35. The lowest BCUT2D eigenvalue weighted by atomic mass is 10.2. The molecule has 0 bridgehead atoms. The van der Waals surface area contributed by atoms with Crippen molar-refractivity contribution in [2.24, 2.45) is 0 Å². The number of rotatable bonds is 4. The predicted molar refractivity (Wildman–Crippen MR) is 87.8 cm³/mol. The Hall–Kier alpha value is -1.44. The van der Waals surface area contributed by atoms with Crippen LogP contribution in [-0.2, 0) is 21.5 Å². The molecule has 3 rings (SSSR count). The van der Waals surface area contributed by atoms with E-state index < -0.39 is 10.2 Å². The molecule has 1 aromatic carbocycles. The molecule has 0 spiro atoms. The predicted octanol–water partition coefficient (Wildman–Crippen LogP) is 1.06. The first-order valence-electron chi connectivity index (χ1n) is 8.14. The normalized spacial score (nSPS) is 22.3. The zero-order valence-electron chi connectivity index (χ0n) is 13.2. The molecule has 0 aliphatic carbocycles. The van der Waals surface area contributed by atoms with E-state index in [9.17, 15) is 13.2 Å². The summed E-state index contributed by atoms with van der Waals surface area (Å²) in [6.07, 6.45) is 2.77. The summed E-state index contributed by atoms with van der Waals surface area (Å²) >= 11 is 0. The number of hydrogen-bond acceptors (Lipinski definition) is 3. The van der Waals surface area contributed by atoms with Crippen LogP contribution < -0.4 is 0 Å². The number of amides is 1. The van der Waals surface area contributed by atoms with Crippen molar-refractivity contribution < 1.29 is 13.2 Å². The molecule has 2 aliphatic heterocycles. The van der Waals surface area contributed by atoms with Gasteiger partial charge in [-0.15, -0.1) is 0 Å². The third-order valence-corrected chi connectivity index (χ3v) is 6.37. The van der Waals surface area contributed by atoms with E-state index >= 15 is 0 Å². The van der Waals surface area contributed by atoms with E-state index in [0.29, 0.717) is 19.6 Å². The third kappa shape index (κ3) is 3.73. The molecule has 0 radical (unpaired) electrons. The van der Waals surface area contributed by atoms with E-state index in [1.807, 2.05) is 30.3 Å². The number of carbonyl (C=O) groups excluding carboxylic acids is 1. The molecule has 2 heterocycles. The van der Waals surface area contributed by atoms with Crippen LogP contribution in [0.3, 0.4) is 0 Å². The van der Waals surface area contributed by atoms with Gasteiger partial charge in [0.1, 0.15) is 0 Å². The van der Waals surface area contributed by atoms with Crippen LogP contribution in [0.1, 0.15) is 24.8 Å². The van der Waals surface area contributed by atoms with E-state index in [2.05, 4.69) is 0 Å². The Morgan fingerprint density at radius 2 is 1.57 bits per heavy atom. The van der Waals surface area contributed by atoms with Gasteiger partial charge in [-0.05, 0) is 24.8 Å². The maximum atomic E-state index is 12.7. The molecule has 2 fully saturated rings. The van der Waals surface area contributed by atoms with Gasteiger partial charge in [0.05, 0.1) is 6.54 Å². The van der Waals surface area contributed by atoms with Gasteiger partial charge in [0, 0.05) is 32.7 Å². The molecule has 2 aliphatic rings. The molecular formula is C16H23N3O3S. The van der Waals surface area contributed by atoms with Gasteiger partial charge in [-0.3, -0.25) is 4.79 Å². The van der Waals surface area contributed by atoms with E-state index in [1.54, 1.807) is 4.90 Å². The van der Waals surface area contributed by atoms with Crippen molar-refractivity contribution in [1.82, 2.24) is 13.5 Å². The highest BCUT2D eigenvalue weighted by atomic mass is 32.2. The molecule has 2 saturated heterocycles. The maximum Gasteiger partial charge on any atom is 0.282 e. The average Bonchev–Trinajstić information content (AvgIpc) is 3.07. The van der Waals surface area contributed by atoms with Crippen LogP contribution in [0.4, 0.5) is 0 Å². The van der Waals surface area contributed by atoms with Gasteiger partial charge in [0.15, 0.2) is 0 Å². The van der Waals surface area contributed by atoms with Crippen LogP contribution in [0, 0.1) is 0 Å². The SMILES string of the molecule is O=C(CN1CCCN(Cc2ccccc2)S1(=O)=O)N1CCCC1. The van der Waals surface area contributed by atoms with Gasteiger partial charge in [-0.1, -0.05) is 30.3 Å². The molecule has 0 atom stereocenters. The van der Waals surface area contributed by atoms with Crippen molar-refractivity contribution in [1.29, 1.82) is 0 Å². The number of nitrogens with zero attached hydrogens (tertiary/aromatic N) is 3. The van der Waals surface area contributed by atoms with Crippen LogP contribution in [-0.4, -0.2) is 60.6 Å². The first-order chi connectivity index (χ1) is 11.1. The fourth-order valence-corrected chi connectivity index (χ4v) is 4.78. The quantitative estimate of drug-likeness (QED) is 0.825. The van der Waals surface area contributed by atoms with Crippen LogP contribution >= 0.6 is 0 Å². The fourth-order valence-electron chi connectivity index (χ4n) is 3.14. The van der Waals surface area contributed by atoms with Crippen LogP contribution in [0.25, 0.3) is 0 Å². The minimum Gasteiger partial charge on any atom is -0.342 e. The zero-order chi connectivity index (χ0) is 16.3. The van der Waals surface area contributed by atoms with Crippen molar-refractivity contribution >= 4 is 16.1 Å². The molecule has 126 valence electrons. The molecule has 0 N–H and O–H groups in total. The first-order valence-corrected chi connectivity index (χ1v) is 9.54. The minimum atomic E-state index is -3.57. The lowest BCUT2D eigenvalue weighted by molar-refractivity contribution is -0.130. The summed E-state index contributed by atoms with van der Waals surface area (Å²) in [5.74, 6) is -0.0763. The largest absolute Gasteiger partial charge is 0.342 e. The van der Waals surface area contributed by atoms with Gasteiger partial charge in [0.25, 0.3) is 10.2 Å². The van der Waals surface area contributed by atoms with Gasteiger partial charge in [0.2, 0.25) is 5.91 Å². The Bertz CT molecular complexity index is 642. The van der Waals surface area contributed by atoms with E-state index in [-0.39, 0.29) is 12.5 Å². The summed E-state index contributed by atoms with van der Waals surface area (Å²) in [6, 6.07) is 9.56. The van der Waals surface area contributed by atoms with Gasteiger partial charge in [-0.25, -0.2) is 0 Å². The lowest BCUT2D eigenvalue weighted by Gasteiger charge is -2.35. The fraction of sp³-hybridized carbons (Fsp3) is 0.562. The Morgan fingerprint density at radius 1 is 0.913 bits per heavy atom. The summed E-state index contributed by atoms with van der Waals surface area (Å²) in [5.41, 5.74) is 0.962. The van der Waals surface area contributed by atoms with Gasteiger partial charge in [-0.2, -0.15) is 17.0 Å². The second kappa shape index (κ2) is 6.98. The highest BCUT2D eigenvalue weighted by molar-refractivity contribution is 7.86. The topological polar surface area (TPSA) is 60.9 Å². The summed E-state index contributed by atoms with van der Waals surface area (Å²) in [5, 5.41) is 0. The molecule has 1 amide bonds. The number of carbonyl (C=O) groups is 1.